The largest absolute Gasteiger partial charge is 0.497 e. The van der Waals surface area contributed by atoms with Crippen LogP contribution in [0.5, 0.6) is 17.2 Å². The number of hydrogen-bond acceptors (Lipinski definition) is 10. The molecule has 12 nitrogen and oxygen atoms in total. The molecular formula is C32H39FN8O4. The van der Waals surface area contributed by atoms with Gasteiger partial charge >= 0.3 is 0 Å². The molecule has 1 saturated heterocycles. The maximum atomic E-state index is 14.9. The number of halogens is 1. The maximum Gasteiger partial charge on any atom is 0.226 e. The number of piperidine rings is 1. The fourth-order valence-electron chi connectivity index (χ4n) is 5.90. The Morgan fingerprint density at radius 1 is 1.04 bits per heavy atom. The van der Waals surface area contributed by atoms with Crippen molar-refractivity contribution >= 4 is 28.2 Å². The Kier molecular flexibility index (Phi) is 8.12. The third-order valence-electron chi connectivity index (χ3n) is 8.24. The number of hydrogen-bond donors (Lipinski definition) is 2. The Bertz CT molecular complexity index is 1830. The number of rotatable bonds is 10. The Balaban J connectivity index is 1.36. The van der Waals surface area contributed by atoms with Gasteiger partial charge in [-0.2, -0.15) is 9.61 Å². The van der Waals surface area contributed by atoms with Crippen LogP contribution in [-0.4, -0.2) is 74.0 Å². The molecule has 5 aromatic rings. The van der Waals surface area contributed by atoms with Crippen molar-refractivity contribution in [3.05, 3.63) is 59.9 Å². The summed E-state index contributed by atoms with van der Waals surface area (Å²) in [5.41, 5.74) is 2.04. The number of aliphatic hydroxyl groups is 1. The minimum Gasteiger partial charge on any atom is -0.497 e. The van der Waals surface area contributed by atoms with Crippen LogP contribution in [0.1, 0.15) is 50.9 Å². The molecule has 1 aliphatic rings. The zero-order valence-corrected chi connectivity index (χ0v) is 26.4. The van der Waals surface area contributed by atoms with E-state index in [1.54, 1.807) is 43.3 Å². The highest BCUT2D eigenvalue weighted by molar-refractivity contribution is 5.93. The van der Waals surface area contributed by atoms with E-state index in [4.69, 9.17) is 29.3 Å². The highest BCUT2D eigenvalue weighted by atomic mass is 19.1. The van der Waals surface area contributed by atoms with Gasteiger partial charge in [0.25, 0.3) is 0 Å². The zero-order valence-electron chi connectivity index (χ0n) is 26.4. The van der Waals surface area contributed by atoms with Crippen molar-refractivity contribution in [3.63, 3.8) is 0 Å². The SMILES string of the molecule is COc1ccc(CNc2nc3cc(OC)c(F)cc3c3nc([C@@H]4CC[C@H](C)N(c5cnn(CC(C)(C)O)c5)C4)nn23)c(OC)c1. The lowest BCUT2D eigenvalue weighted by Gasteiger charge is -2.37. The lowest BCUT2D eigenvalue weighted by molar-refractivity contribution is 0.0577. The molecule has 13 heteroatoms. The normalized spacial score (nSPS) is 17.2. The number of nitrogens with one attached hydrogen (secondary N) is 1. The quantitative estimate of drug-likeness (QED) is 0.226. The highest BCUT2D eigenvalue weighted by Gasteiger charge is 2.31. The Hall–Kier alpha value is -4.65. The third kappa shape index (κ3) is 6.17. The van der Waals surface area contributed by atoms with E-state index in [-0.39, 0.29) is 11.7 Å². The lowest BCUT2D eigenvalue weighted by Crippen LogP contribution is -2.41. The van der Waals surface area contributed by atoms with Gasteiger partial charge in [-0.3, -0.25) is 4.68 Å². The van der Waals surface area contributed by atoms with Crippen molar-refractivity contribution in [3.8, 4) is 17.2 Å². The molecule has 1 aliphatic heterocycles. The predicted octanol–water partition coefficient (Wildman–Crippen LogP) is 4.79. The fourth-order valence-corrected chi connectivity index (χ4v) is 5.90. The molecule has 4 heterocycles. The highest BCUT2D eigenvalue weighted by Crippen LogP contribution is 2.34. The molecule has 0 unspecified atom stereocenters. The second-order valence-corrected chi connectivity index (χ2v) is 12.2. The second-order valence-electron chi connectivity index (χ2n) is 12.2. The number of fused-ring (bicyclic) bond motifs is 3. The van der Waals surface area contributed by atoms with Crippen molar-refractivity contribution in [2.45, 2.75) is 64.3 Å². The van der Waals surface area contributed by atoms with E-state index in [9.17, 15) is 9.50 Å². The first-order valence-electron chi connectivity index (χ1n) is 15.0. The van der Waals surface area contributed by atoms with E-state index in [0.29, 0.717) is 65.5 Å². The van der Waals surface area contributed by atoms with Gasteiger partial charge in [0.15, 0.2) is 23.0 Å². The molecule has 2 aromatic carbocycles. The van der Waals surface area contributed by atoms with E-state index in [0.717, 1.165) is 24.1 Å². The monoisotopic (exact) mass is 618 g/mol. The first-order valence-corrected chi connectivity index (χ1v) is 15.0. The molecule has 0 saturated carbocycles. The molecule has 6 rings (SSSR count). The smallest absolute Gasteiger partial charge is 0.226 e. The topological polar surface area (TPSA) is 124 Å². The number of aromatic nitrogens is 6. The molecule has 0 amide bonds. The van der Waals surface area contributed by atoms with Crippen LogP contribution in [0.15, 0.2) is 42.7 Å². The van der Waals surface area contributed by atoms with Crippen molar-refractivity contribution in [1.29, 1.82) is 0 Å². The van der Waals surface area contributed by atoms with E-state index in [1.807, 2.05) is 30.6 Å². The lowest BCUT2D eigenvalue weighted by atomic mass is 9.92. The summed E-state index contributed by atoms with van der Waals surface area (Å²) < 4.78 is 34.5. The minimum absolute atomic E-state index is 0.0198. The zero-order chi connectivity index (χ0) is 31.9. The number of benzene rings is 2. The summed E-state index contributed by atoms with van der Waals surface area (Å²) in [4.78, 5) is 12.1. The molecule has 1 fully saturated rings. The number of methoxy groups -OCH3 is 3. The van der Waals surface area contributed by atoms with Crippen molar-refractivity contribution < 1.29 is 23.7 Å². The van der Waals surface area contributed by atoms with Crippen LogP contribution in [0.3, 0.4) is 0 Å². The van der Waals surface area contributed by atoms with Crippen LogP contribution in [-0.2, 0) is 13.1 Å². The molecule has 3 aromatic heterocycles. The summed E-state index contributed by atoms with van der Waals surface area (Å²) in [7, 11) is 4.65. The van der Waals surface area contributed by atoms with Crippen LogP contribution < -0.4 is 24.4 Å². The average molecular weight is 619 g/mol. The summed E-state index contributed by atoms with van der Waals surface area (Å²) in [6.45, 7) is 7.19. The van der Waals surface area contributed by atoms with Gasteiger partial charge in [0, 0.05) is 54.3 Å². The van der Waals surface area contributed by atoms with Crippen LogP contribution in [0.25, 0.3) is 16.6 Å². The molecule has 238 valence electrons. The van der Waals surface area contributed by atoms with Crippen molar-refractivity contribution in [2.24, 2.45) is 0 Å². The molecule has 0 aliphatic carbocycles. The van der Waals surface area contributed by atoms with Crippen LogP contribution >= 0.6 is 0 Å². The summed E-state index contributed by atoms with van der Waals surface area (Å²) >= 11 is 0. The second kappa shape index (κ2) is 12.0. The maximum absolute atomic E-state index is 14.9. The molecular weight excluding hydrogens is 579 g/mol. The van der Waals surface area contributed by atoms with Gasteiger partial charge in [-0.05, 0) is 51.8 Å². The van der Waals surface area contributed by atoms with Gasteiger partial charge in [-0.25, -0.2) is 14.4 Å². The molecule has 0 spiro atoms. The molecule has 45 heavy (non-hydrogen) atoms. The van der Waals surface area contributed by atoms with Gasteiger partial charge in [-0.1, -0.05) is 0 Å². The summed E-state index contributed by atoms with van der Waals surface area (Å²) in [6, 6.07) is 8.89. The molecule has 0 radical (unpaired) electrons. The minimum atomic E-state index is -0.871. The standard InChI is InChI=1S/C32H39FN8O4/c1-19-7-8-21(16-40(19)22-15-35-39(17-22)18-32(2,3)42)29-37-30-24-12-25(33)28(45-6)13-26(24)36-31(41(30)38-29)34-14-20-9-10-23(43-4)11-27(20)44-5/h9-13,15,17,19,21,42H,7-8,14,16,18H2,1-6H3,(H,34,36)/t19-,21+/m0/s1. The fraction of sp³-hybridized carbons (Fsp3) is 0.438. The van der Waals surface area contributed by atoms with E-state index in [2.05, 4.69) is 22.2 Å². The summed E-state index contributed by atoms with van der Waals surface area (Å²) in [5, 5.41) is 23.6. The molecule has 2 atom stereocenters. The van der Waals surface area contributed by atoms with Gasteiger partial charge in [0.05, 0.1) is 50.9 Å². The van der Waals surface area contributed by atoms with Gasteiger partial charge in [0.1, 0.15) is 11.5 Å². The van der Waals surface area contributed by atoms with Crippen molar-refractivity contribution in [1.82, 2.24) is 29.4 Å². The van der Waals surface area contributed by atoms with Gasteiger partial charge in [0.2, 0.25) is 5.95 Å². The summed E-state index contributed by atoms with van der Waals surface area (Å²) in [5.74, 6) is 2.10. The van der Waals surface area contributed by atoms with Gasteiger partial charge in [-0.15, -0.1) is 5.10 Å². The average Bonchev–Trinajstić information content (AvgIpc) is 3.67. The number of anilines is 2. The Labute approximate surface area is 260 Å². The number of nitrogens with zero attached hydrogens (tertiary/aromatic N) is 7. The van der Waals surface area contributed by atoms with Crippen LogP contribution in [0.4, 0.5) is 16.0 Å². The predicted molar refractivity (Wildman–Crippen MR) is 169 cm³/mol. The van der Waals surface area contributed by atoms with Crippen molar-refractivity contribution in [2.75, 3.05) is 38.1 Å². The van der Waals surface area contributed by atoms with E-state index < -0.39 is 11.4 Å². The summed E-state index contributed by atoms with van der Waals surface area (Å²) in [6.07, 6.45) is 5.64. The van der Waals surface area contributed by atoms with E-state index >= 15 is 0 Å². The van der Waals surface area contributed by atoms with E-state index in [1.165, 1.54) is 13.2 Å². The Morgan fingerprint density at radius 2 is 1.84 bits per heavy atom. The first kappa shape index (κ1) is 30.4. The third-order valence-corrected chi connectivity index (χ3v) is 8.24. The number of ether oxygens (including phenoxy) is 3. The van der Waals surface area contributed by atoms with Gasteiger partial charge < -0.3 is 29.5 Å². The van der Waals surface area contributed by atoms with Crippen LogP contribution in [0.2, 0.25) is 0 Å². The first-order chi connectivity index (χ1) is 21.6. The Morgan fingerprint density at radius 3 is 2.58 bits per heavy atom. The van der Waals surface area contributed by atoms with Crippen LogP contribution in [0, 0.1) is 5.82 Å². The molecule has 0 bridgehead atoms. The molecule has 2 N–H and O–H groups in total.